The van der Waals surface area contributed by atoms with Gasteiger partial charge in [-0.15, -0.1) is 0 Å². The van der Waals surface area contributed by atoms with Gasteiger partial charge in [0.15, 0.2) is 0 Å². The number of hydrogen-bond donors (Lipinski definition) is 4. The molecular formula is C52H46N4O2. The largest absolute Gasteiger partial charge is 0.508 e. The van der Waals surface area contributed by atoms with Crippen LogP contribution in [0.15, 0.2) is 121 Å². The van der Waals surface area contributed by atoms with E-state index >= 15 is 0 Å². The Morgan fingerprint density at radius 3 is 0.828 bits per heavy atom. The van der Waals surface area contributed by atoms with Crippen LogP contribution in [0, 0.1) is 0 Å². The van der Waals surface area contributed by atoms with Gasteiger partial charge < -0.3 is 20.2 Å². The van der Waals surface area contributed by atoms with Crippen molar-refractivity contribution < 1.29 is 10.2 Å². The number of aromatic amines is 2. The number of fused-ring (bicyclic) bond motifs is 8. The molecular weight excluding hydrogens is 713 g/mol. The standard InChI is InChI=1S/C52H46N4O2/c1-51(2,3)35-15-7-31(8-16-35)47-39-23-24-40(53-39)48(32-9-17-36(18-10-32)52(4,5)6)42-26-28-44(55-42)50(34-13-21-38(58)22-14-34)46-30-29-45(56-46)49(43-27-25-41(47)54-43)33-11-19-37(57)20-12-33/h7-30,54-55,57-58H,1-6H3. The zero-order chi connectivity index (χ0) is 40.3. The molecule has 0 unspecified atom stereocenters. The third-order valence-electron chi connectivity index (χ3n) is 11.1. The molecule has 2 aliphatic rings. The number of H-pyrrole nitrogens is 2. The Balaban J connectivity index is 1.43. The maximum absolute atomic E-state index is 10.3. The zero-order valence-electron chi connectivity index (χ0n) is 33.6. The van der Waals surface area contributed by atoms with Crippen molar-refractivity contribution in [2.24, 2.45) is 0 Å². The number of rotatable bonds is 4. The minimum absolute atomic E-state index is 0.00918. The highest BCUT2D eigenvalue weighted by Gasteiger charge is 2.21. The summed E-state index contributed by atoms with van der Waals surface area (Å²) in [6.07, 6.45) is 8.35. The van der Waals surface area contributed by atoms with Gasteiger partial charge in [0, 0.05) is 44.3 Å². The number of phenolic OH excluding ortho intramolecular Hbond substituents is 2. The molecule has 5 heterocycles. The van der Waals surface area contributed by atoms with E-state index in [1.54, 1.807) is 24.3 Å². The van der Waals surface area contributed by atoms with E-state index in [0.29, 0.717) is 0 Å². The van der Waals surface area contributed by atoms with Gasteiger partial charge in [-0.1, -0.05) is 114 Å². The summed E-state index contributed by atoms with van der Waals surface area (Å²) in [5.74, 6) is 0.389. The summed E-state index contributed by atoms with van der Waals surface area (Å²) in [6.45, 7) is 13.4. The Bertz CT molecular complexity index is 2730. The van der Waals surface area contributed by atoms with Gasteiger partial charge in [-0.05, 0) is 117 Å². The van der Waals surface area contributed by atoms with Crippen LogP contribution in [-0.2, 0) is 10.8 Å². The first-order valence-electron chi connectivity index (χ1n) is 19.8. The summed E-state index contributed by atoms with van der Waals surface area (Å²) >= 11 is 0. The van der Waals surface area contributed by atoms with Crippen molar-refractivity contribution in [3.63, 3.8) is 0 Å². The Kier molecular flexibility index (Phi) is 8.81. The van der Waals surface area contributed by atoms with E-state index in [1.807, 2.05) is 24.3 Å². The predicted molar refractivity (Wildman–Crippen MR) is 241 cm³/mol. The van der Waals surface area contributed by atoms with Gasteiger partial charge in [0.05, 0.1) is 22.8 Å². The number of aromatic hydroxyl groups is 2. The van der Waals surface area contributed by atoms with Crippen molar-refractivity contribution in [1.29, 1.82) is 0 Å². The molecule has 58 heavy (non-hydrogen) atoms. The maximum Gasteiger partial charge on any atom is 0.115 e. The summed E-state index contributed by atoms with van der Waals surface area (Å²) in [6, 6.07) is 40.6. The van der Waals surface area contributed by atoms with Crippen LogP contribution in [0.5, 0.6) is 11.5 Å². The molecule has 7 aromatic rings. The third kappa shape index (κ3) is 6.81. The average Bonchev–Trinajstić information content (AvgIpc) is 4.04. The number of nitrogens with one attached hydrogen (secondary N) is 2. The van der Waals surface area contributed by atoms with Crippen molar-refractivity contribution in [2.45, 2.75) is 52.4 Å². The summed E-state index contributed by atoms with van der Waals surface area (Å²) in [7, 11) is 0. The van der Waals surface area contributed by atoms with Crippen LogP contribution in [0.1, 0.15) is 75.4 Å². The van der Waals surface area contributed by atoms with E-state index in [4.69, 9.17) is 9.97 Å². The summed E-state index contributed by atoms with van der Waals surface area (Å²) in [5, 5.41) is 20.6. The van der Waals surface area contributed by atoms with Gasteiger partial charge >= 0.3 is 0 Å². The van der Waals surface area contributed by atoms with E-state index < -0.39 is 0 Å². The van der Waals surface area contributed by atoms with Crippen molar-refractivity contribution in [1.82, 2.24) is 19.9 Å². The fourth-order valence-corrected chi connectivity index (χ4v) is 7.95. The van der Waals surface area contributed by atoms with Crippen LogP contribution in [-0.4, -0.2) is 30.1 Å². The SMILES string of the molecule is CC(C)(C)c1ccc(-c2c3nc(c(-c4ccc(C(C)(C)C)cc4)c4ccc([nH]4)c(-c4ccc(O)cc4)c4nc(c(-c5ccc(O)cc5)c5ccc2[nH]5)C=C4)C=C3)cc1. The van der Waals surface area contributed by atoms with E-state index in [9.17, 15) is 10.2 Å². The molecule has 2 aliphatic heterocycles. The van der Waals surface area contributed by atoms with Crippen LogP contribution < -0.4 is 0 Å². The number of hydrogen-bond acceptors (Lipinski definition) is 4. The van der Waals surface area contributed by atoms with Crippen molar-refractivity contribution in [3.05, 3.63) is 155 Å². The number of nitrogens with zero attached hydrogens (tertiary/aromatic N) is 2. The lowest BCUT2D eigenvalue weighted by Crippen LogP contribution is -2.10. The quantitative estimate of drug-likeness (QED) is 0.144. The summed E-state index contributed by atoms with van der Waals surface area (Å²) in [4.78, 5) is 18.4. The number of phenols is 2. The van der Waals surface area contributed by atoms with Crippen molar-refractivity contribution >= 4 is 46.4 Å². The molecule has 0 radical (unpaired) electrons. The maximum atomic E-state index is 10.3. The molecule has 0 spiro atoms. The highest BCUT2D eigenvalue weighted by molar-refractivity contribution is 5.99. The van der Waals surface area contributed by atoms with Gasteiger partial charge in [0.2, 0.25) is 0 Å². The lowest BCUT2D eigenvalue weighted by molar-refractivity contribution is 0.475. The molecule has 0 atom stereocenters. The third-order valence-corrected chi connectivity index (χ3v) is 11.1. The molecule has 6 heteroatoms. The number of benzene rings is 4. The molecule has 0 aliphatic carbocycles. The molecule has 286 valence electrons. The second-order valence-corrected chi connectivity index (χ2v) is 17.3. The minimum Gasteiger partial charge on any atom is -0.508 e. The Labute approximate surface area is 339 Å². The Morgan fingerprint density at radius 1 is 0.345 bits per heavy atom. The summed E-state index contributed by atoms with van der Waals surface area (Å²) in [5.41, 5.74) is 17.1. The Hall–Kier alpha value is -6.92. The van der Waals surface area contributed by atoms with Crippen LogP contribution >= 0.6 is 0 Å². The first-order chi connectivity index (χ1) is 27.8. The lowest BCUT2D eigenvalue weighted by atomic mass is 9.86. The summed E-state index contributed by atoms with van der Waals surface area (Å²) < 4.78 is 0. The molecule has 0 saturated carbocycles. The van der Waals surface area contributed by atoms with Crippen molar-refractivity contribution in [3.8, 4) is 56.0 Å². The zero-order valence-corrected chi connectivity index (χ0v) is 33.6. The second-order valence-electron chi connectivity index (χ2n) is 17.3. The smallest absolute Gasteiger partial charge is 0.115 e. The highest BCUT2D eigenvalue weighted by Crippen LogP contribution is 2.39. The number of aromatic nitrogens is 4. The molecule has 0 saturated heterocycles. The van der Waals surface area contributed by atoms with Gasteiger partial charge in [-0.3, -0.25) is 0 Å². The van der Waals surface area contributed by atoms with Crippen LogP contribution in [0.2, 0.25) is 0 Å². The molecule has 9 rings (SSSR count). The van der Waals surface area contributed by atoms with E-state index in [1.165, 1.54) is 11.1 Å². The minimum atomic E-state index is 0.00918. The first-order valence-corrected chi connectivity index (χ1v) is 19.8. The first kappa shape index (κ1) is 36.7. The molecule has 3 aromatic heterocycles. The van der Waals surface area contributed by atoms with Gasteiger partial charge in [0.1, 0.15) is 11.5 Å². The van der Waals surface area contributed by atoms with Gasteiger partial charge in [-0.2, -0.15) is 0 Å². The van der Waals surface area contributed by atoms with Crippen LogP contribution in [0.25, 0.3) is 90.9 Å². The van der Waals surface area contributed by atoms with Crippen molar-refractivity contribution in [2.75, 3.05) is 0 Å². The average molecular weight is 759 g/mol. The topological polar surface area (TPSA) is 97.8 Å². The molecule has 8 bridgehead atoms. The Morgan fingerprint density at radius 2 is 0.586 bits per heavy atom. The van der Waals surface area contributed by atoms with E-state index in [2.05, 4.69) is 149 Å². The van der Waals surface area contributed by atoms with E-state index in [-0.39, 0.29) is 22.3 Å². The van der Waals surface area contributed by atoms with Gasteiger partial charge in [0.25, 0.3) is 0 Å². The molecule has 4 aromatic carbocycles. The second kappa shape index (κ2) is 13.9. The lowest BCUT2D eigenvalue weighted by Gasteiger charge is -2.19. The fraction of sp³-hybridized carbons (Fsp3) is 0.154. The monoisotopic (exact) mass is 758 g/mol. The predicted octanol–water partition coefficient (Wildman–Crippen LogP) is 13.3. The van der Waals surface area contributed by atoms with Crippen LogP contribution in [0.3, 0.4) is 0 Å². The van der Waals surface area contributed by atoms with Gasteiger partial charge in [-0.25, -0.2) is 9.97 Å². The fourth-order valence-electron chi connectivity index (χ4n) is 7.95. The van der Waals surface area contributed by atoms with E-state index in [0.717, 1.165) is 89.4 Å². The normalized spacial score (nSPS) is 12.7. The molecule has 4 N–H and O–H groups in total. The highest BCUT2D eigenvalue weighted by atomic mass is 16.3. The molecule has 0 fully saturated rings. The molecule has 6 nitrogen and oxygen atoms in total. The van der Waals surface area contributed by atoms with Crippen LogP contribution in [0.4, 0.5) is 0 Å². The molecule has 0 amide bonds.